The van der Waals surface area contributed by atoms with Crippen LogP contribution in [0, 0.1) is 0 Å². The Morgan fingerprint density at radius 1 is 1.16 bits per heavy atom. The van der Waals surface area contributed by atoms with Gasteiger partial charge in [-0.15, -0.1) is 11.3 Å². The van der Waals surface area contributed by atoms with Crippen LogP contribution in [0.5, 0.6) is 0 Å². The molecule has 0 radical (unpaired) electrons. The van der Waals surface area contributed by atoms with Gasteiger partial charge in [0.1, 0.15) is 0 Å². The molecular formula is C22H22N4O4S2. The Morgan fingerprint density at radius 2 is 1.88 bits per heavy atom. The van der Waals surface area contributed by atoms with Crippen molar-refractivity contribution in [1.82, 2.24) is 9.29 Å². The largest absolute Gasteiger partial charge is 0.326 e. The van der Waals surface area contributed by atoms with Crippen molar-refractivity contribution in [3.63, 3.8) is 0 Å². The fourth-order valence-electron chi connectivity index (χ4n) is 3.51. The Labute approximate surface area is 190 Å². The Morgan fingerprint density at radius 3 is 2.56 bits per heavy atom. The van der Waals surface area contributed by atoms with Crippen molar-refractivity contribution in [1.29, 1.82) is 0 Å². The highest BCUT2D eigenvalue weighted by Crippen LogP contribution is 2.31. The van der Waals surface area contributed by atoms with Crippen LogP contribution in [-0.2, 0) is 21.2 Å². The molecule has 0 unspecified atom stereocenters. The number of aromatic nitrogens is 1. The zero-order valence-corrected chi connectivity index (χ0v) is 19.2. The highest BCUT2D eigenvalue weighted by atomic mass is 32.2. The van der Waals surface area contributed by atoms with Gasteiger partial charge in [0.2, 0.25) is 15.9 Å². The second-order valence-corrected chi connectivity index (χ2v) is 10.00. The molecule has 2 aromatic carbocycles. The number of amides is 2. The van der Waals surface area contributed by atoms with E-state index in [2.05, 4.69) is 15.6 Å². The lowest BCUT2D eigenvalue weighted by Gasteiger charge is -2.18. The summed E-state index contributed by atoms with van der Waals surface area (Å²) in [7, 11) is -3.57. The van der Waals surface area contributed by atoms with E-state index < -0.39 is 10.0 Å². The van der Waals surface area contributed by atoms with E-state index in [4.69, 9.17) is 0 Å². The fraction of sp³-hybridized carbons (Fsp3) is 0.227. The molecule has 32 heavy (non-hydrogen) atoms. The summed E-state index contributed by atoms with van der Waals surface area (Å²) in [6.45, 7) is 4.32. The second-order valence-electron chi connectivity index (χ2n) is 7.20. The van der Waals surface area contributed by atoms with E-state index in [1.54, 1.807) is 13.8 Å². The number of carbonyl (C=O) groups is 2. The number of hydrogen-bond acceptors (Lipinski definition) is 6. The van der Waals surface area contributed by atoms with Crippen LogP contribution in [0.15, 0.2) is 52.7 Å². The van der Waals surface area contributed by atoms with Crippen molar-refractivity contribution in [2.75, 3.05) is 23.7 Å². The number of rotatable bonds is 7. The van der Waals surface area contributed by atoms with Crippen molar-refractivity contribution in [2.45, 2.75) is 25.2 Å². The molecule has 10 heteroatoms. The van der Waals surface area contributed by atoms with Crippen molar-refractivity contribution in [3.05, 3.63) is 59.0 Å². The number of carbonyl (C=O) groups excluding carboxylic acids is 2. The molecule has 2 N–H and O–H groups in total. The van der Waals surface area contributed by atoms with Crippen LogP contribution in [0.1, 0.15) is 29.8 Å². The average molecular weight is 471 g/mol. The summed E-state index contributed by atoms with van der Waals surface area (Å²) < 4.78 is 26.5. The van der Waals surface area contributed by atoms with Crippen molar-refractivity contribution < 1.29 is 18.0 Å². The average Bonchev–Trinajstić information content (AvgIpc) is 3.39. The van der Waals surface area contributed by atoms with E-state index in [1.807, 2.05) is 23.6 Å². The Balaban J connectivity index is 1.47. The predicted molar refractivity (Wildman–Crippen MR) is 124 cm³/mol. The van der Waals surface area contributed by atoms with Crippen molar-refractivity contribution in [2.24, 2.45) is 0 Å². The van der Waals surface area contributed by atoms with Gasteiger partial charge in [-0.2, -0.15) is 4.31 Å². The molecule has 1 aliphatic heterocycles. The molecule has 0 saturated carbocycles. The normalized spacial score (nSPS) is 13.2. The zero-order chi connectivity index (χ0) is 22.9. The van der Waals surface area contributed by atoms with Gasteiger partial charge in [0, 0.05) is 35.3 Å². The third kappa shape index (κ3) is 4.29. The number of benzene rings is 2. The molecule has 1 aliphatic rings. The molecule has 0 saturated heterocycles. The van der Waals surface area contributed by atoms with Crippen LogP contribution in [0.25, 0.3) is 11.3 Å². The van der Waals surface area contributed by atoms with E-state index >= 15 is 0 Å². The lowest BCUT2D eigenvalue weighted by atomic mass is 10.1. The van der Waals surface area contributed by atoms with Crippen LogP contribution in [0.2, 0.25) is 0 Å². The van der Waals surface area contributed by atoms with Crippen molar-refractivity contribution in [3.8, 4) is 11.3 Å². The quantitative estimate of drug-likeness (QED) is 0.549. The van der Waals surface area contributed by atoms with Crippen molar-refractivity contribution >= 4 is 44.0 Å². The molecule has 0 spiro atoms. The molecule has 2 heterocycles. The van der Waals surface area contributed by atoms with Gasteiger partial charge in [-0.25, -0.2) is 13.4 Å². The topological polar surface area (TPSA) is 108 Å². The van der Waals surface area contributed by atoms with E-state index in [0.717, 1.165) is 16.8 Å². The second kappa shape index (κ2) is 8.81. The number of nitrogens with zero attached hydrogens (tertiary/aromatic N) is 2. The van der Waals surface area contributed by atoms with E-state index in [1.165, 1.54) is 39.9 Å². The van der Waals surface area contributed by atoms with E-state index in [0.29, 0.717) is 35.9 Å². The van der Waals surface area contributed by atoms with Gasteiger partial charge in [-0.05, 0) is 42.0 Å². The maximum atomic E-state index is 12.6. The van der Waals surface area contributed by atoms with Crippen LogP contribution in [0.3, 0.4) is 0 Å². The zero-order valence-electron chi connectivity index (χ0n) is 17.6. The van der Waals surface area contributed by atoms with Gasteiger partial charge in [0.05, 0.1) is 17.0 Å². The van der Waals surface area contributed by atoms with Crippen LogP contribution in [0.4, 0.5) is 10.8 Å². The van der Waals surface area contributed by atoms with Gasteiger partial charge in [0.15, 0.2) is 5.13 Å². The first kappa shape index (κ1) is 22.1. The maximum Gasteiger partial charge on any atom is 0.257 e. The molecule has 0 bridgehead atoms. The minimum Gasteiger partial charge on any atom is -0.326 e. The molecule has 4 rings (SSSR count). The smallest absolute Gasteiger partial charge is 0.257 e. The number of sulfonamides is 1. The molecule has 0 atom stereocenters. The molecule has 1 aromatic heterocycles. The number of nitrogens with one attached hydrogen (secondary N) is 2. The molecule has 2 amide bonds. The standard InChI is InChI=1S/C22H22N4O4S2/c1-3-26(4-2)32(29,30)17-8-5-14(6-9-17)21(28)25-22-24-19(13-31-22)15-7-10-18-16(11-15)12-20(27)23-18/h5-11,13H,3-4,12H2,1-2H3,(H,23,27)(H,24,25,28). The Bertz CT molecular complexity index is 1280. The van der Waals surface area contributed by atoms with Gasteiger partial charge < -0.3 is 5.32 Å². The highest BCUT2D eigenvalue weighted by Gasteiger charge is 2.22. The molecule has 0 aliphatic carbocycles. The Kier molecular flexibility index (Phi) is 6.09. The van der Waals surface area contributed by atoms with Gasteiger partial charge >= 0.3 is 0 Å². The van der Waals surface area contributed by atoms with Crippen LogP contribution in [-0.4, -0.2) is 42.6 Å². The van der Waals surface area contributed by atoms with Gasteiger partial charge in [-0.1, -0.05) is 19.9 Å². The first-order valence-electron chi connectivity index (χ1n) is 10.1. The van der Waals surface area contributed by atoms with Gasteiger partial charge in [0.25, 0.3) is 5.91 Å². The SMILES string of the molecule is CCN(CC)S(=O)(=O)c1ccc(C(=O)Nc2nc(-c3ccc4c(c3)CC(=O)N4)cs2)cc1. The predicted octanol–water partition coefficient (Wildman–Crippen LogP) is 3.59. The van der Waals surface area contributed by atoms with Gasteiger partial charge in [-0.3, -0.25) is 14.9 Å². The summed E-state index contributed by atoms with van der Waals surface area (Å²) in [5.41, 5.74) is 3.64. The third-order valence-electron chi connectivity index (χ3n) is 5.21. The van der Waals surface area contributed by atoms with Crippen LogP contribution >= 0.6 is 11.3 Å². The lowest BCUT2D eigenvalue weighted by molar-refractivity contribution is -0.115. The summed E-state index contributed by atoms with van der Waals surface area (Å²) in [5.74, 6) is -0.402. The van der Waals surface area contributed by atoms with Crippen LogP contribution < -0.4 is 10.6 Å². The highest BCUT2D eigenvalue weighted by molar-refractivity contribution is 7.89. The summed E-state index contributed by atoms with van der Waals surface area (Å²) >= 11 is 1.29. The molecule has 166 valence electrons. The molecule has 3 aromatic rings. The summed E-state index contributed by atoms with van der Waals surface area (Å²) in [5, 5.41) is 7.82. The monoisotopic (exact) mass is 470 g/mol. The maximum absolute atomic E-state index is 12.6. The fourth-order valence-corrected chi connectivity index (χ4v) is 5.69. The van der Waals surface area contributed by atoms with E-state index in [-0.39, 0.29) is 16.7 Å². The number of thiazole rings is 1. The summed E-state index contributed by atoms with van der Waals surface area (Å²) in [6.07, 6.45) is 0.344. The molecular weight excluding hydrogens is 448 g/mol. The number of anilines is 2. The minimum absolute atomic E-state index is 0.0284. The molecule has 0 fully saturated rings. The Hall–Kier alpha value is -3.08. The lowest BCUT2D eigenvalue weighted by Crippen LogP contribution is -2.30. The minimum atomic E-state index is -3.57. The molecule has 8 nitrogen and oxygen atoms in total. The number of fused-ring (bicyclic) bond motifs is 1. The first-order chi connectivity index (χ1) is 15.3. The summed E-state index contributed by atoms with van der Waals surface area (Å²) in [4.78, 5) is 28.8. The number of hydrogen-bond donors (Lipinski definition) is 2. The summed E-state index contributed by atoms with van der Waals surface area (Å²) in [6, 6.07) is 11.5. The third-order valence-corrected chi connectivity index (χ3v) is 8.03. The first-order valence-corrected chi connectivity index (χ1v) is 12.4. The van der Waals surface area contributed by atoms with E-state index in [9.17, 15) is 18.0 Å².